The molecule has 3 rings (SSSR count). The summed E-state index contributed by atoms with van der Waals surface area (Å²) < 4.78 is 53.3. The van der Waals surface area contributed by atoms with Crippen LogP contribution in [0.3, 0.4) is 0 Å². The Hall–Kier alpha value is -3.17. The van der Waals surface area contributed by atoms with Gasteiger partial charge in [0.15, 0.2) is 5.84 Å². The Bertz CT molecular complexity index is 1060. The normalized spacial score (nSPS) is 14.6. The quantitative estimate of drug-likeness (QED) is 0.695. The molecule has 1 N–H and O–H groups in total. The number of amidine groups is 1. The second kappa shape index (κ2) is 8.40. The zero-order valence-corrected chi connectivity index (χ0v) is 18.5. The minimum atomic E-state index is -4.41. The van der Waals surface area contributed by atoms with Gasteiger partial charge in [0.25, 0.3) is 5.91 Å². The van der Waals surface area contributed by atoms with Gasteiger partial charge in [-0.15, -0.1) is 0 Å². The van der Waals surface area contributed by atoms with Crippen molar-refractivity contribution in [2.45, 2.75) is 39.3 Å². The summed E-state index contributed by atoms with van der Waals surface area (Å²) in [7, 11) is 1.55. The van der Waals surface area contributed by atoms with Crippen LogP contribution >= 0.6 is 0 Å². The third-order valence-electron chi connectivity index (χ3n) is 4.90. The van der Waals surface area contributed by atoms with Gasteiger partial charge >= 0.3 is 6.18 Å². The van der Waals surface area contributed by atoms with E-state index in [1.807, 2.05) is 20.8 Å². The Labute approximate surface area is 183 Å². The molecule has 1 aromatic carbocycles. The number of nitrogens with zero attached hydrogens (tertiary/aromatic N) is 4. The number of aryl methyl sites for hydroxylation is 1. The molecule has 32 heavy (non-hydrogen) atoms. The summed E-state index contributed by atoms with van der Waals surface area (Å²) in [5.74, 6) is -1.25. The van der Waals surface area contributed by atoms with E-state index in [4.69, 9.17) is 0 Å². The van der Waals surface area contributed by atoms with Gasteiger partial charge in [0.05, 0.1) is 5.56 Å². The Morgan fingerprint density at radius 3 is 2.50 bits per heavy atom. The molecule has 1 amide bonds. The highest BCUT2D eigenvalue weighted by atomic mass is 19.4. The van der Waals surface area contributed by atoms with Crippen molar-refractivity contribution in [2.24, 2.45) is 5.10 Å². The second-order valence-electron chi connectivity index (χ2n) is 8.79. The molecule has 0 fully saturated rings. The number of hydrogen-bond donors (Lipinski definition) is 1. The number of halogens is 4. The van der Waals surface area contributed by atoms with Crippen LogP contribution in [0, 0.1) is 12.7 Å². The van der Waals surface area contributed by atoms with E-state index in [9.17, 15) is 22.4 Å². The van der Waals surface area contributed by atoms with Gasteiger partial charge in [-0.2, -0.15) is 18.3 Å². The van der Waals surface area contributed by atoms with E-state index >= 15 is 0 Å². The molecule has 0 atom stereocenters. The van der Waals surface area contributed by atoms with Gasteiger partial charge in [-0.1, -0.05) is 26.8 Å². The first-order valence-corrected chi connectivity index (χ1v) is 9.95. The number of carbonyl (C=O) groups excluding carboxylic acids is 1. The van der Waals surface area contributed by atoms with Gasteiger partial charge in [0, 0.05) is 7.05 Å². The Kier molecular flexibility index (Phi) is 6.17. The van der Waals surface area contributed by atoms with Crippen molar-refractivity contribution in [1.29, 1.82) is 0 Å². The topological polar surface area (TPSA) is 60.8 Å². The lowest BCUT2D eigenvalue weighted by molar-refractivity contribution is -0.138. The molecular formula is C22H25F4N5O. The van der Waals surface area contributed by atoms with Crippen molar-refractivity contribution < 1.29 is 22.4 Å². The average molecular weight is 451 g/mol. The van der Waals surface area contributed by atoms with Gasteiger partial charge in [0.2, 0.25) is 0 Å². The molecular weight excluding hydrogens is 426 g/mol. The second-order valence-corrected chi connectivity index (χ2v) is 8.79. The van der Waals surface area contributed by atoms with E-state index in [0.29, 0.717) is 0 Å². The average Bonchev–Trinajstić information content (AvgIpc) is 2.99. The first-order chi connectivity index (χ1) is 14.7. The zero-order valence-electron chi connectivity index (χ0n) is 18.5. The first-order valence-electron chi connectivity index (χ1n) is 9.95. The lowest BCUT2D eigenvalue weighted by atomic mass is 9.83. The fourth-order valence-corrected chi connectivity index (χ4v) is 3.59. The fourth-order valence-electron chi connectivity index (χ4n) is 3.59. The van der Waals surface area contributed by atoms with Crippen molar-refractivity contribution >= 4 is 17.6 Å². The van der Waals surface area contributed by atoms with Crippen molar-refractivity contribution in [3.8, 4) is 0 Å². The maximum atomic E-state index is 14.5. The van der Waals surface area contributed by atoms with Crippen LogP contribution in [0.5, 0.6) is 0 Å². The lowest BCUT2D eigenvalue weighted by Gasteiger charge is -2.23. The molecule has 2 aromatic rings. The van der Waals surface area contributed by atoms with Crippen LogP contribution in [0.15, 0.2) is 35.4 Å². The standard InChI is InChI=1S/C22H25F4N5O/c1-13-9-16(23)14(10-15(13)21(2,3)4)20(32)28-18-8-6-7-17(27-18)19-29-30(5)12-31(19)11-22(24,25)26/h6-10H,11-12H2,1-5H3,(H,27,28,32). The van der Waals surface area contributed by atoms with Crippen molar-refractivity contribution in [3.63, 3.8) is 0 Å². The predicted octanol–water partition coefficient (Wildman–Crippen LogP) is 4.51. The van der Waals surface area contributed by atoms with Gasteiger partial charge in [-0.25, -0.2) is 9.37 Å². The minimum absolute atomic E-state index is 0.0393. The molecule has 1 aliphatic rings. The maximum absolute atomic E-state index is 14.5. The minimum Gasteiger partial charge on any atom is -0.325 e. The monoisotopic (exact) mass is 451 g/mol. The summed E-state index contributed by atoms with van der Waals surface area (Å²) in [5.41, 5.74) is 1.30. The van der Waals surface area contributed by atoms with Crippen molar-refractivity contribution in [3.05, 3.63) is 58.5 Å². The van der Waals surface area contributed by atoms with Crippen LogP contribution in [0.4, 0.5) is 23.4 Å². The number of alkyl halides is 3. The molecule has 6 nitrogen and oxygen atoms in total. The smallest absolute Gasteiger partial charge is 0.325 e. The highest BCUT2D eigenvalue weighted by molar-refractivity contribution is 6.04. The number of pyridine rings is 1. The van der Waals surface area contributed by atoms with Gasteiger partial charge in [-0.3, -0.25) is 9.80 Å². The highest BCUT2D eigenvalue weighted by Crippen LogP contribution is 2.28. The Morgan fingerprint density at radius 1 is 1.19 bits per heavy atom. The largest absolute Gasteiger partial charge is 0.406 e. The van der Waals surface area contributed by atoms with Crippen molar-refractivity contribution in [2.75, 3.05) is 25.6 Å². The van der Waals surface area contributed by atoms with Gasteiger partial charge < -0.3 is 10.2 Å². The summed E-state index contributed by atoms with van der Waals surface area (Å²) in [6.45, 7) is 6.45. The molecule has 0 saturated carbocycles. The zero-order chi connectivity index (χ0) is 23.8. The van der Waals surface area contributed by atoms with Crippen LogP contribution in [-0.4, -0.2) is 53.1 Å². The Balaban J connectivity index is 1.87. The number of rotatable bonds is 4. The first kappa shape index (κ1) is 23.5. The number of nitrogens with one attached hydrogen (secondary N) is 1. The number of aromatic nitrogens is 1. The summed E-state index contributed by atoms with van der Waals surface area (Å²) in [6, 6.07) is 7.35. The highest BCUT2D eigenvalue weighted by Gasteiger charge is 2.35. The van der Waals surface area contributed by atoms with Crippen LogP contribution < -0.4 is 5.32 Å². The third kappa shape index (κ3) is 5.35. The third-order valence-corrected chi connectivity index (χ3v) is 4.90. The summed E-state index contributed by atoms with van der Waals surface area (Å²) in [5, 5.41) is 8.01. The number of anilines is 1. The molecule has 0 unspecified atom stereocenters. The van der Waals surface area contributed by atoms with E-state index in [-0.39, 0.29) is 35.0 Å². The number of amides is 1. The summed E-state index contributed by atoms with van der Waals surface area (Å²) in [6.07, 6.45) is -4.41. The van der Waals surface area contributed by atoms with E-state index in [1.54, 1.807) is 14.0 Å². The molecule has 0 aliphatic carbocycles. The lowest BCUT2D eigenvalue weighted by Crippen LogP contribution is -2.38. The fraction of sp³-hybridized carbons (Fsp3) is 0.409. The Morgan fingerprint density at radius 2 is 1.88 bits per heavy atom. The predicted molar refractivity (Wildman–Crippen MR) is 114 cm³/mol. The molecule has 10 heteroatoms. The van der Waals surface area contributed by atoms with Gasteiger partial charge in [0.1, 0.15) is 30.5 Å². The maximum Gasteiger partial charge on any atom is 0.406 e. The summed E-state index contributed by atoms with van der Waals surface area (Å²) >= 11 is 0. The number of hydrogen-bond acceptors (Lipinski definition) is 5. The summed E-state index contributed by atoms with van der Waals surface area (Å²) in [4.78, 5) is 18.1. The molecule has 1 aromatic heterocycles. The molecule has 2 heterocycles. The molecule has 1 aliphatic heterocycles. The number of benzene rings is 1. The van der Waals surface area contributed by atoms with E-state index in [0.717, 1.165) is 16.0 Å². The van der Waals surface area contributed by atoms with Crippen molar-refractivity contribution in [1.82, 2.24) is 14.9 Å². The van der Waals surface area contributed by atoms with Crippen LogP contribution in [0.25, 0.3) is 0 Å². The molecule has 0 bridgehead atoms. The van der Waals surface area contributed by atoms with E-state index < -0.39 is 24.4 Å². The molecule has 0 radical (unpaired) electrons. The van der Waals surface area contributed by atoms with E-state index in [1.165, 1.54) is 35.3 Å². The number of carbonyl (C=O) groups is 1. The van der Waals surface area contributed by atoms with Crippen LogP contribution in [-0.2, 0) is 5.41 Å². The van der Waals surface area contributed by atoms with Gasteiger partial charge in [-0.05, 0) is 47.7 Å². The number of hydrazone groups is 1. The van der Waals surface area contributed by atoms with Crippen LogP contribution in [0.2, 0.25) is 0 Å². The van der Waals surface area contributed by atoms with E-state index in [2.05, 4.69) is 15.4 Å². The molecule has 0 saturated heterocycles. The SMILES string of the molecule is Cc1cc(F)c(C(=O)Nc2cccc(C3=NN(C)CN3CC(F)(F)F)n2)cc1C(C)(C)C. The van der Waals surface area contributed by atoms with Crippen LogP contribution in [0.1, 0.15) is 48.0 Å². The molecule has 172 valence electrons. The molecule has 0 spiro atoms.